The monoisotopic (exact) mass is 276 g/mol. The lowest BCUT2D eigenvalue weighted by Gasteiger charge is -2.21. The van der Waals surface area contributed by atoms with Crippen LogP contribution in [-0.2, 0) is 6.42 Å². The lowest BCUT2D eigenvalue weighted by Crippen LogP contribution is -2.26. The molecule has 112 valence electrons. The van der Waals surface area contributed by atoms with E-state index in [0.717, 1.165) is 31.0 Å². The minimum atomic E-state index is 0.773. The van der Waals surface area contributed by atoms with Gasteiger partial charge in [-0.15, -0.1) is 0 Å². The Morgan fingerprint density at radius 3 is 2.85 bits per heavy atom. The zero-order valence-corrected chi connectivity index (χ0v) is 13.0. The fourth-order valence-corrected chi connectivity index (χ4v) is 2.66. The number of aryl methyl sites for hydroxylation is 1. The maximum absolute atomic E-state index is 5.61. The lowest BCUT2D eigenvalue weighted by molar-refractivity contribution is 0.280. The normalized spacial score (nSPS) is 13.8. The first kappa shape index (κ1) is 15.2. The van der Waals surface area contributed by atoms with Crippen LogP contribution in [0.3, 0.4) is 0 Å². The molecule has 0 spiro atoms. The Bertz CT molecular complexity index is 406. The van der Waals surface area contributed by atoms with Crippen LogP contribution in [0.15, 0.2) is 18.2 Å². The van der Waals surface area contributed by atoms with Gasteiger partial charge < -0.3 is 15.0 Å². The van der Waals surface area contributed by atoms with Crippen molar-refractivity contribution in [1.29, 1.82) is 0 Å². The molecule has 0 unspecified atom stereocenters. The van der Waals surface area contributed by atoms with Crippen molar-refractivity contribution in [2.24, 2.45) is 0 Å². The Morgan fingerprint density at radius 1 is 1.20 bits per heavy atom. The highest BCUT2D eigenvalue weighted by Gasteiger charge is 2.09. The highest BCUT2D eigenvalue weighted by molar-refractivity contribution is 5.59. The average Bonchev–Trinajstić information content (AvgIpc) is 2.50. The first-order valence-corrected chi connectivity index (χ1v) is 8.05. The third-order valence-electron chi connectivity index (χ3n) is 3.93. The van der Waals surface area contributed by atoms with Crippen LogP contribution in [0.4, 0.5) is 5.69 Å². The Balaban J connectivity index is 1.78. The molecule has 0 radical (unpaired) electrons. The minimum absolute atomic E-state index is 0.773. The summed E-state index contributed by atoms with van der Waals surface area (Å²) in [5.41, 5.74) is 2.57. The summed E-state index contributed by atoms with van der Waals surface area (Å²) in [6.07, 6.45) is 4.98. The van der Waals surface area contributed by atoms with E-state index in [1.54, 1.807) is 0 Å². The highest BCUT2D eigenvalue weighted by Crippen LogP contribution is 2.28. The van der Waals surface area contributed by atoms with E-state index in [0.29, 0.717) is 0 Å². The summed E-state index contributed by atoms with van der Waals surface area (Å²) in [5.74, 6) is 0.998. The molecule has 0 amide bonds. The standard InChI is InChI=1S/C17H28N2O/c1-3-5-11-19(4-2)12-6-7-15-8-9-17-16(14-15)18-10-13-20-17/h8-9,14,18H,3-7,10-13H2,1-2H3. The van der Waals surface area contributed by atoms with E-state index in [1.165, 1.54) is 44.5 Å². The van der Waals surface area contributed by atoms with E-state index in [2.05, 4.69) is 42.3 Å². The van der Waals surface area contributed by atoms with Crippen LogP contribution in [0.2, 0.25) is 0 Å². The first-order valence-electron chi connectivity index (χ1n) is 8.05. The average molecular weight is 276 g/mol. The maximum Gasteiger partial charge on any atom is 0.142 e. The number of ether oxygens (including phenoxy) is 1. The van der Waals surface area contributed by atoms with Gasteiger partial charge in [-0.25, -0.2) is 0 Å². The SMILES string of the molecule is CCCCN(CC)CCCc1ccc2c(c1)NCCO2. The van der Waals surface area contributed by atoms with Gasteiger partial charge in [0.15, 0.2) is 0 Å². The predicted octanol–water partition coefficient (Wildman–Crippen LogP) is 3.55. The van der Waals surface area contributed by atoms with E-state index in [9.17, 15) is 0 Å². The highest BCUT2D eigenvalue weighted by atomic mass is 16.5. The Kier molecular flexibility index (Phi) is 6.19. The van der Waals surface area contributed by atoms with Gasteiger partial charge in [0, 0.05) is 6.54 Å². The second-order valence-electron chi connectivity index (χ2n) is 5.50. The molecule has 2 rings (SSSR count). The van der Waals surface area contributed by atoms with Gasteiger partial charge in [-0.3, -0.25) is 0 Å². The molecule has 0 fully saturated rings. The molecule has 0 atom stereocenters. The molecule has 0 bridgehead atoms. The Hall–Kier alpha value is -1.22. The van der Waals surface area contributed by atoms with Gasteiger partial charge in [0.25, 0.3) is 0 Å². The van der Waals surface area contributed by atoms with E-state index in [4.69, 9.17) is 4.74 Å². The number of anilines is 1. The smallest absolute Gasteiger partial charge is 0.142 e. The van der Waals surface area contributed by atoms with Crippen LogP contribution in [0.25, 0.3) is 0 Å². The molecule has 20 heavy (non-hydrogen) atoms. The molecule has 3 heteroatoms. The van der Waals surface area contributed by atoms with Crippen molar-refractivity contribution in [1.82, 2.24) is 4.90 Å². The molecule has 1 aliphatic heterocycles. The van der Waals surface area contributed by atoms with Crippen molar-refractivity contribution in [3.63, 3.8) is 0 Å². The summed E-state index contributed by atoms with van der Waals surface area (Å²) < 4.78 is 5.61. The Labute approximate surface area is 123 Å². The van der Waals surface area contributed by atoms with Crippen molar-refractivity contribution in [2.45, 2.75) is 39.5 Å². The molecular weight excluding hydrogens is 248 g/mol. The number of nitrogens with one attached hydrogen (secondary N) is 1. The quantitative estimate of drug-likeness (QED) is 0.786. The summed E-state index contributed by atoms with van der Waals surface area (Å²) in [4.78, 5) is 2.56. The fourth-order valence-electron chi connectivity index (χ4n) is 2.66. The number of nitrogens with zero attached hydrogens (tertiary/aromatic N) is 1. The molecule has 0 aliphatic carbocycles. The van der Waals surface area contributed by atoms with Crippen molar-refractivity contribution < 1.29 is 4.74 Å². The number of fused-ring (bicyclic) bond motifs is 1. The van der Waals surface area contributed by atoms with Gasteiger partial charge in [-0.2, -0.15) is 0 Å². The molecule has 1 aliphatic rings. The minimum Gasteiger partial charge on any atom is -0.490 e. The zero-order chi connectivity index (χ0) is 14.2. The van der Waals surface area contributed by atoms with E-state index >= 15 is 0 Å². The summed E-state index contributed by atoms with van der Waals surface area (Å²) in [6.45, 7) is 9.82. The number of rotatable bonds is 8. The van der Waals surface area contributed by atoms with Crippen LogP contribution >= 0.6 is 0 Å². The molecule has 0 saturated heterocycles. The Morgan fingerprint density at radius 2 is 2.05 bits per heavy atom. The lowest BCUT2D eigenvalue weighted by atomic mass is 10.1. The zero-order valence-electron chi connectivity index (χ0n) is 13.0. The van der Waals surface area contributed by atoms with Crippen LogP contribution < -0.4 is 10.1 Å². The van der Waals surface area contributed by atoms with Crippen molar-refractivity contribution >= 4 is 5.69 Å². The molecule has 1 aromatic rings. The van der Waals surface area contributed by atoms with E-state index < -0.39 is 0 Å². The van der Waals surface area contributed by atoms with Gasteiger partial charge in [0.2, 0.25) is 0 Å². The molecule has 1 aromatic carbocycles. The molecule has 1 N–H and O–H groups in total. The molecule has 1 heterocycles. The van der Waals surface area contributed by atoms with Crippen LogP contribution in [0.1, 0.15) is 38.7 Å². The van der Waals surface area contributed by atoms with Gasteiger partial charge in [0.05, 0.1) is 5.69 Å². The number of hydrogen-bond acceptors (Lipinski definition) is 3. The molecule has 3 nitrogen and oxygen atoms in total. The molecule has 0 aromatic heterocycles. The van der Waals surface area contributed by atoms with Crippen molar-refractivity contribution in [3.8, 4) is 5.75 Å². The van der Waals surface area contributed by atoms with Crippen LogP contribution in [0, 0.1) is 0 Å². The number of unbranched alkanes of at least 4 members (excludes halogenated alkanes) is 1. The van der Waals surface area contributed by atoms with Gasteiger partial charge in [-0.1, -0.05) is 26.3 Å². The second kappa shape index (κ2) is 8.15. The summed E-state index contributed by atoms with van der Waals surface area (Å²) in [6, 6.07) is 6.55. The van der Waals surface area contributed by atoms with Crippen LogP contribution in [0.5, 0.6) is 5.75 Å². The van der Waals surface area contributed by atoms with Crippen molar-refractivity contribution in [3.05, 3.63) is 23.8 Å². The summed E-state index contributed by atoms with van der Waals surface area (Å²) >= 11 is 0. The molecule has 0 saturated carbocycles. The first-order chi connectivity index (χ1) is 9.83. The largest absolute Gasteiger partial charge is 0.490 e. The topological polar surface area (TPSA) is 24.5 Å². The van der Waals surface area contributed by atoms with E-state index in [1.807, 2.05) is 0 Å². The molecular formula is C17H28N2O. The van der Waals surface area contributed by atoms with Crippen LogP contribution in [-0.4, -0.2) is 37.7 Å². The third-order valence-corrected chi connectivity index (χ3v) is 3.93. The number of hydrogen-bond donors (Lipinski definition) is 1. The van der Waals surface area contributed by atoms with Crippen molar-refractivity contribution in [2.75, 3.05) is 38.1 Å². The second-order valence-corrected chi connectivity index (χ2v) is 5.50. The van der Waals surface area contributed by atoms with Gasteiger partial charge >= 0.3 is 0 Å². The van der Waals surface area contributed by atoms with E-state index in [-0.39, 0.29) is 0 Å². The number of benzene rings is 1. The summed E-state index contributed by atoms with van der Waals surface area (Å²) in [7, 11) is 0. The summed E-state index contributed by atoms with van der Waals surface area (Å²) in [5, 5.41) is 3.41. The third kappa shape index (κ3) is 4.41. The predicted molar refractivity (Wildman–Crippen MR) is 85.8 cm³/mol. The van der Waals surface area contributed by atoms with Gasteiger partial charge in [0.1, 0.15) is 12.4 Å². The van der Waals surface area contributed by atoms with Gasteiger partial charge in [-0.05, 0) is 56.6 Å². The fraction of sp³-hybridized carbons (Fsp3) is 0.647. The maximum atomic E-state index is 5.61.